The summed E-state index contributed by atoms with van der Waals surface area (Å²) in [6.07, 6.45) is 1.38. The van der Waals surface area contributed by atoms with Crippen LogP contribution in [-0.2, 0) is 4.74 Å². The predicted octanol–water partition coefficient (Wildman–Crippen LogP) is 2.09. The predicted molar refractivity (Wildman–Crippen MR) is 89.7 cm³/mol. The first kappa shape index (κ1) is 15.0. The van der Waals surface area contributed by atoms with Gasteiger partial charge in [0.25, 0.3) is 5.56 Å². The van der Waals surface area contributed by atoms with Crippen LogP contribution in [0.25, 0.3) is 10.2 Å². The number of hydrogen-bond acceptors (Lipinski definition) is 7. The Kier molecular flexibility index (Phi) is 3.98. The zero-order chi connectivity index (χ0) is 16.4. The zero-order valence-electron chi connectivity index (χ0n) is 12.3. The van der Waals surface area contributed by atoms with E-state index in [1.807, 2.05) is 30.3 Å². The molecule has 2 heterocycles. The molecule has 0 amide bonds. The second-order valence-corrected chi connectivity index (χ2v) is 5.68. The number of hydrogen-bond donors (Lipinski definition) is 2. The summed E-state index contributed by atoms with van der Waals surface area (Å²) in [5, 5.41) is 0.222. The number of esters is 1. The Morgan fingerprint density at radius 2 is 2.13 bits per heavy atom. The molecule has 0 spiro atoms. The standard InChI is InChI=1S/C15H14N4O3S/c1-2-22-14(21)10-8-19(18-9-6-4-3-5-7-9)13(20)12-11(10)17-15(16)23-12/h3-8,18H,2H2,1H3,(H2,16,17). The van der Waals surface area contributed by atoms with Gasteiger partial charge in [0.15, 0.2) is 5.13 Å². The number of fused-ring (bicyclic) bond motifs is 1. The maximum atomic E-state index is 12.5. The summed E-state index contributed by atoms with van der Waals surface area (Å²) in [6, 6.07) is 9.15. The van der Waals surface area contributed by atoms with Gasteiger partial charge in [0.1, 0.15) is 15.8 Å². The monoisotopic (exact) mass is 330 g/mol. The van der Waals surface area contributed by atoms with E-state index in [2.05, 4.69) is 10.4 Å². The number of aromatic nitrogens is 2. The van der Waals surface area contributed by atoms with Crippen LogP contribution in [0, 0.1) is 0 Å². The van der Waals surface area contributed by atoms with Crippen molar-refractivity contribution in [3.63, 3.8) is 0 Å². The Balaban J connectivity index is 2.16. The molecule has 0 atom stereocenters. The largest absolute Gasteiger partial charge is 0.462 e. The lowest BCUT2D eigenvalue weighted by Crippen LogP contribution is -2.27. The van der Waals surface area contributed by atoms with Gasteiger partial charge in [0.05, 0.1) is 12.3 Å². The number of ether oxygens (including phenoxy) is 1. The number of nitrogen functional groups attached to an aromatic ring is 1. The van der Waals surface area contributed by atoms with Crippen LogP contribution < -0.4 is 16.7 Å². The van der Waals surface area contributed by atoms with Crippen LogP contribution in [0.5, 0.6) is 0 Å². The van der Waals surface area contributed by atoms with Crippen LogP contribution in [0.2, 0.25) is 0 Å². The van der Waals surface area contributed by atoms with Crippen LogP contribution in [-0.4, -0.2) is 22.2 Å². The van der Waals surface area contributed by atoms with Crippen molar-refractivity contribution in [3.8, 4) is 0 Å². The molecule has 0 aliphatic rings. The number of carbonyl (C=O) groups is 1. The number of nitrogens with zero attached hydrogens (tertiary/aromatic N) is 2. The highest BCUT2D eigenvalue weighted by Gasteiger charge is 2.19. The lowest BCUT2D eigenvalue weighted by Gasteiger charge is -2.11. The Morgan fingerprint density at radius 1 is 1.39 bits per heavy atom. The number of benzene rings is 1. The van der Waals surface area contributed by atoms with E-state index in [9.17, 15) is 9.59 Å². The quantitative estimate of drug-likeness (QED) is 0.711. The Morgan fingerprint density at radius 3 is 2.83 bits per heavy atom. The van der Waals surface area contributed by atoms with Crippen molar-refractivity contribution < 1.29 is 9.53 Å². The summed E-state index contributed by atoms with van der Waals surface area (Å²) in [7, 11) is 0. The van der Waals surface area contributed by atoms with Gasteiger partial charge in [-0.3, -0.25) is 10.2 Å². The second kappa shape index (κ2) is 6.09. The van der Waals surface area contributed by atoms with Crippen molar-refractivity contribution in [1.29, 1.82) is 0 Å². The van der Waals surface area contributed by atoms with Gasteiger partial charge in [-0.1, -0.05) is 29.5 Å². The van der Waals surface area contributed by atoms with Crippen molar-refractivity contribution >= 4 is 38.3 Å². The minimum atomic E-state index is -0.550. The SMILES string of the molecule is CCOC(=O)c1cn(Nc2ccccc2)c(=O)c2sc(N)nc12. The molecule has 0 radical (unpaired) electrons. The van der Waals surface area contributed by atoms with Crippen LogP contribution in [0.15, 0.2) is 41.3 Å². The molecular formula is C15H14N4O3S. The Labute approximate surface area is 135 Å². The average Bonchev–Trinajstić information content (AvgIpc) is 2.93. The zero-order valence-corrected chi connectivity index (χ0v) is 13.1. The molecule has 0 saturated carbocycles. The van der Waals surface area contributed by atoms with Crippen molar-refractivity contribution in [2.75, 3.05) is 17.8 Å². The summed E-state index contributed by atoms with van der Waals surface area (Å²) in [5.41, 5.74) is 9.48. The van der Waals surface area contributed by atoms with E-state index in [1.54, 1.807) is 6.92 Å². The average molecular weight is 330 g/mol. The normalized spacial score (nSPS) is 10.7. The van der Waals surface area contributed by atoms with E-state index in [1.165, 1.54) is 10.9 Å². The van der Waals surface area contributed by atoms with Crippen molar-refractivity contribution in [3.05, 3.63) is 52.4 Å². The third-order valence-electron chi connectivity index (χ3n) is 3.09. The number of rotatable bonds is 4. The number of anilines is 2. The molecule has 2 aromatic heterocycles. The topological polar surface area (TPSA) is 99.2 Å². The van der Waals surface area contributed by atoms with Crippen LogP contribution in [0.3, 0.4) is 0 Å². The Hall–Kier alpha value is -2.87. The molecule has 1 aromatic carbocycles. The molecule has 23 heavy (non-hydrogen) atoms. The molecule has 118 valence electrons. The highest BCUT2D eigenvalue weighted by atomic mass is 32.1. The van der Waals surface area contributed by atoms with Gasteiger partial charge in [0.2, 0.25) is 0 Å². The molecule has 3 N–H and O–H groups in total. The molecule has 3 aromatic rings. The minimum Gasteiger partial charge on any atom is -0.462 e. The molecule has 0 bridgehead atoms. The summed E-state index contributed by atoms with van der Waals surface area (Å²) in [4.78, 5) is 28.8. The lowest BCUT2D eigenvalue weighted by atomic mass is 10.2. The van der Waals surface area contributed by atoms with Gasteiger partial charge < -0.3 is 10.5 Å². The molecule has 0 fully saturated rings. The molecular weight excluding hydrogens is 316 g/mol. The van der Waals surface area contributed by atoms with E-state index in [0.717, 1.165) is 11.3 Å². The fourth-order valence-electron chi connectivity index (χ4n) is 2.12. The summed E-state index contributed by atoms with van der Waals surface area (Å²) in [5.74, 6) is -0.550. The highest BCUT2D eigenvalue weighted by molar-refractivity contribution is 7.22. The van der Waals surface area contributed by atoms with Gasteiger partial charge in [-0.15, -0.1) is 0 Å². The fourth-order valence-corrected chi connectivity index (χ4v) is 2.90. The van der Waals surface area contributed by atoms with Gasteiger partial charge >= 0.3 is 5.97 Å². The van der Waals surface area contributed by atoms with E-state index in [0.29, 0.717) is 10.4 Å². The van der Waals surface area contributed by atoms with Gasteiger partial charge in [-0.2, -0.15) is 0 Å². The van der Waals surface area contributed by atoms with Crippen molar-refractivity contribution in [2.24, 2.45) is 0 Å². The number of carbonyl (C=O) groups excluding carboxylic acids is 1. The van der Waals surface area contributed by atoms with Crippen molar-refractivity contribution in [2.45, 2.75) is 6.92 Å². The van der Waals surface area contributed by atoms with Crippen molar-refractivity contribution in [1.82, 2.24) is 9.66 Å². The Bertz CT molecular complexity index is 918. The first-order chi connectivity index (χ1) is 11.1. The maximum Gasteiger partial charge on any atom is 0.341 e. The lowest BCUT2D eigenvalue weighted by molar-refractivity contribution is 0.0527. The molecule has 0 unspecified atom stereocenters. The fraction of sp³-hybridized carbons (Fsp3) is 0.133. The number of nitrogens with two attached hydrogens (primary N) is 1. The number of pyridine rings is 1. The molecule has 7 nitrogen and oxygen atoms in total. The molecule has 3 rings (SSSR count). The third-order valence-corrected chi connectivity index (χ3v) is 3.96. The second-order valence-electron chi connectivity index (χ2n) is 4.65. The van der Waals surface area contributed by atoms with Gasteiger partial charge in [0, 0.05) is 6.20 Å². The highest BCUT2D eigenvalue weighted by Crippen LogP contribution is 2.24. The molecule has 0 aliphatic carbocycles. The first-order valence-corrected chi connectivity index (χ1v) is 7.72. The smallest absolute Gasteiger partial charge is 0.341 e. The first-order valence-electron chi connectivity index (χ1n) is 6.91. The van der Waals surface area contributed by atoms with Gasteiger partial charge in [-0.25, -0.2) is 14.5 Å². The van der Waals surface area contributed by atoms with E-state index < -0.39 is 5.97 Å². The summed E-state index contributed by atoms with van der Waals surface area (Å²) < 4.78 is 6.57. The minimum absolute atomic E-state index is 0.192. The van der Waals surface area contributed by atoms with E-state index in [4.69, 9.17) is 10.5 Å². The van der Waals surface area contributed by atoms with E-state index in [-0.39, 0.29) is 28.4 Å². The van der Waals surface area contributed by atoms with Crippen LogP contribution >= 0.6 is 11.3 Å². The number of thiazole rings is 1. The molecule has 0 aliphatic heterocycles. The number of para-hydroxylation sites is 1. The van der Waals surface area contributed by atoms with Gasteiger partial charge in [-0.05, 0) is 19.1 Å². The van der Waals surface area contributed by atoms with E-state index >= 15 is 0 Å². The third kappa shape index (κ3) is 2.88. The maximum absolute atomic E-state index is 12.5. The summed E-state index contributed by atoms with van der Waals surface area (Å²) >= 11 is 1.04. The van der Waals surface area contributed by atoms with Crippen LogP contribution in [0.4, 0.5) is 10.8 Å². The number of nitrogens with one attached hydrogen (secondary N) is 1. The summed E-state index contributed by atoms with van der Waals surface area (Å²) in [6.45, 7) is 1.94. The molecule has 0 saturated heterocycles. The molecule has 8 heteroatoms. The van der Waals surface area contributed by atoms with Crippen LogP contribution in [0.1, 0.15) is 17.3 Å².